The van der Waals surface area contributed by atoms with Crippen molar-refractivity contribution < 1.29 is 0 Å². The van der Waals surface area contributed by atoms with Crippen molar-refractivity contribution in [2.45, 2.75) is 6.54 Å². The van der Waals surface area contributed by atoms with Crippen molar-refractivity contribution in [3.05, 3.63) is 78.8 Å². The zero-order chi connectivity index (χ0) is 21.5. The Morgan fingerprint density at radius 2 is 1.72 bits per heavy atom. The molecular weight excluding hydrogens is 394 g/mol. The predicted molar refractivity (Wildman–Crippen MR) is 132 cm³/mol. The van der Waals surface area contributed by atoms with E-state index in [0.29, 0.717) is 0 Å². The van der Waals surface area contributed by atoms with Crippen LogP contribution in [-0.2, 0) is 13.6 Å². The molecule has 0 spiro atoms. The van der Waals surface area contributed by atoms with Gasteiger partial charge in [0.15, 0.2) is 0 Å². The first-order valence-electron chi connectivity index (χ1n) is 11.3. The Hall–Kier alpha value is -3.41. The largest absolute Gasteiger partial charge is 0.361 e. The highest BCUT2D eigenvalue weighted by atomic mass is 15.2. The first-order chi connectivity index (χ1) is 15.7. The Kier molecular flexibility index (Phi) is 4.78. The van der Waals surface area contributed by atoms with Crippen molar-refractivity contribution >= 4 is 21.9 Å². The third-order valence-corrected chi connectivity index (χ3v) is 6.58. The van der Waals surface area contributed by atoms with Crippen LogP contribution in [0, 0.1) is 0 Å². The highest BCUT2D eigenvalue weighted by Gasteiger charge is 2.13. The minimum Gasteiger partial charge on any atom is -0.361 e. The van der Waals surface area contributed by atoms with E-state index in [-0.39, 0.29) is 0 Å². The molecule has 2 aromatic carbocycles. The van der Waals surface area contributed by atoms with E-state index in [2.05, 4.69) is 87.6 Å². The molecule has 0 radical (unpaired) electrons. The molecule has 0 amide bonds. The summed E-state index contributed by atoms with van der Waals surface area (Å²) in [5.41, 5.74) is 8.33. The maximum absolute atomic E-state index is 4.81. The standard InChI is InChI=1S/C27H27N5/c1-31-18-25(21-6-7-26-22(14-21)8-9-29-26)24-15-23(16-30-27(24)31)20-4-2-19(3-5-20)17-32-12-10-28-11-13-32/h2-9,14-16,18,28-29H,10-13,17H2,1H3. The summed E-state index contributed by atoms with van der Waals surface area (Å²) in [4.78, 5) is 10.6. The first-order valence-corrected chi connectivity index (χ1v) is 11.3. The van der Waals surface area contributed by atoms with E-state index in [1.54, 1.807) is 0 Å². The lowest BCUT2D eigenvalue weighted by Gasteiger charge is -2.27. The van der Waals surface area contributed by atoms with E-state index >= 15 is 0 Å². The van der Waals surface area contributed by atoms with Crippen LogP contribution in [0.4, 0.5) is 0 Å². The maximum atomic E-state index is 4.81. The molecule has 5 heteroatoms. The first kappa shape index (κ1) is 19.3. The fourth-order valence-corrected chi connectivity index (χ4v) is 4.80. The van der Waals surface area contributed by atoms with Crippen molar-refractivity contribution in [1.82, 2.24) is 24.8 Å². The molecule has 5 nitrogen and oxygen atoms in total. The molecule has 160 valence electrons. The molecule has 0 atom stereocenters. The molecule has 0 aliphatic carbocycles. The fourth-order valence-electron chi connectivity index (χ4n) is 4.80. The lowest BCUT2D eigenvalue weighted by Crippen LogP contribution is -2.42. The van der Waals surface area contributed by atoms with E-state index in [1.807, 2.05) is 12.4 Å². The van der Waals surface area contributed by atoms with Gasteiger partial charge >= 0.3 is 0 Å². The number of nitrogens with one attached hydrogen (secondary N) is 2. The number of pyridine rings is 1. The normalized spacial score (nSPS) is 15.0. The lowest BCUT2D eigenvalue weighted by molar-refractivity contribution is 0.233. The van der Waals surface area contributed by atoms with Gasteiger partial charge in [0.25, 0.3) is 0 Å². The van der Waals surface area contributed by atoms with Crippen LogP contribution in [0.2, 0.25) is 0 Å². The van der Waals surface area contributed by atoms with Crippen molar-refractivity contribution in [3.63, 3.8) is 0 Å². The average Bonchev–Trinajstić information content (AvgIpc) is 3.44. The molecule has 1 saturated heterocycles. The number of H-pyrrole nitrogens is 1. The van der Waals surface area contributed by atoms with E-state index in [1.165, 1.54) is 33.0 Å². The predicted octanol–water partition coefficient (Wildman–Crippen LogP) is 4.79. The highest BCUT2D eigenvalue weighted by molar-refractivity contribution is 5.98. The molecule has 0 unspecified atom stereocenters. The Balaban J connectivity index is 1.34. The number of piperazine rings is 1. The maximum Gasteiger partial charge on any atom is 0.140 e. The Morgan fingerprint density at radius 1 is 0.906 bits per heavy atom. The van der Waals surface area contributed by atoms with Crippen molar-refractivity contribution in [3.8, 4) is 22.3 Å². The molecule has 6 rings (SSSR count). The molecular formula is C27H27N5. The second-order valence-electron chi connectivity index (χ2n) is 8.75. The fraction of sp³-hybridized carbons (Fsp3) is 0.222. The van der Waals surface area contributed by atoms with Gasteiger partial charge in [0.2, 0.25) is 0 Å². The van der Waals surface area contributed by atoms with Gasteiger partial charge in [-0.1, -0.05) is 30.3 Å². The van der Waals surface area contributed by atoms with E-state index in [4.69, 9.17) is 4.98 Å². The number of fused-ring (bicyclic) bond motifs is 2. The zero-order valence-electron chi connectivity index (χ0n) is 18.3. The molecule has 0 saturated carbocycles. The van der Waals surface area contributed by atoms with Crippen LogP contribution < -0.4 is 5.32 Å². The number of rotatable bonds is 4. The Morgan fingerprint density at radius 3 is 2.56 bits per heavy atom. The molecule has 3 aromatic heterocycles. The number of benzene rings is 2. The summed E-state index contributed by atoms with van der Waals surface area (Å²) in [7, 11) is 2.07. The summed E-state index contributed by atoms with van der Waals surface area (Å²) < 4.78 is 2.12. The molecule has 1 aliphatic heterocycles. The van der Waals surface area contributed by atoms with Crippen LogP contribution in [0.3, 0.4) is 0 Å². The monoisotopic (exact) mass is 421 g/mol. The van der Waals surface area contributed by atoms with Gasteiger partial charge in [-0.15, -0.1) is 0 Å². The number of nitrogens with zero attached hydrogens (tertiary/aromatic N) is 3. The summed E-state index contributed by atoms with van der Waals surface area (Å²) in [6, 6.07) is 20.0. The quantitative estimate of drug-likeness (QED) is 0.439. The van der Waals surface area contributed by atoms with Crippen molar-refractivity contribution in [2.24, 2.45) is 7.05 Å². The third-order valence-electron chi connectivity index (χ3n) is 6.58. The lowest BCUT2D eigenvalue weighted by atomic mass is 10.0. The second-order valence-corrected chi connectivity index (χ2v) is 8.75. The third kappa shape index (κ3) is 3.49. The van der Waals surface area contributed by atoms with Crippen molar-refractivity contribution in [1.29, 1.82) is 0 Å². The average molecular weight is 422 g/mol. The van der Waals surface area contributed by atoms with Gasteiger partial charge in [-0.3, -0.25) is 4.90 Å². The van der Waals surface area contributed by atoms with Gasteiger partial charge in [-0.2, -0.15) is 0 Å². The van der Waals surface area contributed by atoms with Crippen LogP contribution in [0.15, 0.2) is 73.2 Å². The van der Waals surface area contributed by atoms with Gasteiger partial charge in [0.05, 0.1) is 0 Å². The van der Waals surface area contributed by atoms with Crippen LogP contribution in [0.1, 0.15) is 5.56 Å². The number of aromatic amines is 1. The van der Waals surface area contributed by atoms with Gasteiger partial charge in [-0.05, 0) is 46.3 Å². The molecule has 2 N–H and O–H groups in total. The van der Waals surface area contributed by atoms with Crippen molar-refractivity contribution in [2.75, 3.05) is 26.2 Å². The van der Waals surface area contributed by atoms with E-state index in [9.17, 15) is 0 Å². The van der Waals surface area contributed by atoms with Gasteiger partial charge in [0.1, 0.15) is 5.65 Å². The van der Waals surface area contributed by atoms with Crippen LogP contribution in [0.5, 0.6) is 0 Å². The number of aromatic nitrogens is 3. The minimum absolute atomic E-state index is 1.01. The molecule has 32 heavy (non-hydrogen) atoms. The number of hydrogen-bond acceptors (Lipinski definition) is 3. The van der Waals surface area contributed by atoms with Gasteiger partial charge in [0, 0.05) is 80.4 Å². The number of aryl methyl sites for hydroxylation is 1. The summed E-state index contributed by atoms with van der Waals surface area (Å²) in [6.07, 6.45) is 6.17. The molecule has 0 bridgehead atoms. The van der Waals surface area contributed by atoms with Gasteiger partial charge in [-0.25, -0.2) is 4.98 Å². The summed E-state index contributed by atoms with van der Waals surface area (Å²) >= 11 is 0. The molecule has 5 aromatic rings. The Labute approximate surface area is 187 Å². The van der Waals surface area contributed by atoms with Crippen LogP contribution in [-0.4, -0.2) is 45.6 Å². The summed E-state index contributed by atoms with van der Waals surface area (Å²) in [5, 5.41) is 5.83. The van der Waals surface area contributed by atoms with Gasteiger partial charge < -0.3 is 14.9 Å². The molecule has 4 heterocycles. The minimum atomic E-state index is 1.01. The Bertz CT molecular complexity index is 1390. The van der Waals surface area contributed by atoms with E-state index < -0.39 is 0 Å². The summed E-state index contributed by atoms with van der Waals surface area (Å²) in [6.45, 7) is 5.42. The summed E-state index contributed by atoms with van der Waals surface area (Å²) in [5.74, 6) is 0. The SMILES string of the molecule is Cn1cc(-c2ccc3[nH]ccc3c2)c2cc(-c3ccc(CN4CCNCC4)cc3)cnc21. The topological polar surface area (TPSA) is 48.9 Å². The molecule has 1 fully saturated rings. The highest BCUT2D eigenvalue weighted by Crippen LogP contribution is 2.33. The number of hydrogen-bond donors (Lipinski definition) is 2. The zero-order valence-corrected chi connectivity index (χ0v) is 18.3. The smallest absolute Gasteiger partial charge is 0.140 e. The second kappa shape index (κ2) is 7.93. The van der Waals surface area contributed by atoms with Crippen LogP contribution >= 0.6 is 0 Å². The van der Waals surface area contributed by atoms with Crippen LogP contribution in [0.25, 0.3) is 44.2 Å². The van der Waals surface area contributed by atoms with E-state index in [0.717, 1.165) is 49.5 Å². The molecule has 1 aliphatic rings.